The lowest BCUT2D eigenvalue weighted by Gasteiger charge is -2.28. The second-order valence-corrected chi connectivity index (χ2v) is 6.87. The van der Waals surface area contributed by atoms with Gasteiger partial charge in [0.15, 0.2) is 5.54 Å². The molecule has 0 saturated carbocycles. The van der Waals surface area contributed by atoms with Crippen LogP contribution in [0.1, 0.15) is 22.8 Å². The summed E-state index contributed by atoms with van der Waals surface area (Å²) in [5, 5.41) is 13.3. The number of amides is 3. The van der Waals surface area contributed by atoms with E-state index in [1.807, 2.05) is 12.1 Å². The molecule has 2 N–H and O–H groups in total. The Bertz CT molecular complexity index is 1000. The fourth-order valence-electron chi connectivity index (χ4n) is 3.69. The van der Waals surface area contributed by atoms with Gasteiger partial charge in [-0.2, -0.15) is 0 Å². The number of hydrogen-bond donors (Lipinski definition) is 2. The van der Waals surface area contributed by atoms with E-state index in [9.17, 15) is 19.1 Å². The molecule has 3 aromatic carbocycles. The summed E-state index contributed by atoms with van der Waals surface area (Å²) in [6.45, 7) is -0.354. The van der Waals surface area contributed by atoms with Crippen LogP contribution in [0.5, 0.6) is 0 Å². The highest BCUT2D eigenvalue weighted by Crippen LogP contribution is 2.36. The van der Waals surface area contributed by atoms with E-state index in [0.29, 0.717) is 11.1 Å². The first-order valence-electron chi connectivity index (χ1n) is 9.21. The quantitative estimate of drug-likeness (QED) is 0.657. The van der Waals surface area contributed by atoms with Crippen molar-refractivity contribution in [2.45, 2.75) is 11.6 Å². The molecule has 29 heavy (non-hydrogen) atoms. The molecule has 1 aliphatic heterocycles. The lowest BCUT2D eigenvalue weighted by atomic mass is 9.82. The standard InChI is InChI=1S/C23H19FN2O3/c24-19-14-8-7-13-18(19)20(27)15-26-21(28)23(25-22(26)29,16-9-3-1-4-10-16)17-11-5-2-6-12-17/h1-14,20,27H,15H2,(H,25,29)/t20-/m0/s1. The van der Waals surface area contributed by atoms with E-state index in [-0.39, 0.29) is 12.1 Å². The Balaban J connectivity index is 1.74. The predicted molar refractivity (Wildman–Crippen MR) is 105 cm³/mol. The van der Waals surface area contributed by atoms with Gasteiger partial charge in [-0.25, -0.2) is 9.18 Å². The van der Waals surface area contributed by atoms with Crippen LogP contribution in [0.25, 0.3) is 0 Å². The normalized spacial score (nSPS) is 16.6. The number of nitrogens with zero attached hydrogens (tertiary/aromatic N) is 1. The van der Waals surface area contributed by atoms with Gasteiger partial charge in [-0.15, -0.1) is 0 Å². The van der Waals surface area contributed by atoms with Gasteiger partial charge in [0, 0.05) is 5.56 Å². The summed E-state index contributed by atoms with van der Waals surface area (Å²) >= 11 is 0. The molecule has 0 spiro atoms. The minimum atomic E-state index is -1.41. The molecule has 1 fully saturated rings. The molecule has 1 saturated heterocycles. The van der Waals surface area contributed by atoms with Crippen LogP contribution in [0.4, 0.5) is 9.18 Å². The van der Waals surface area contributed by atoms with Crippen LogP contribution in [0.2, 0.25) is 0 Å². The number of halogens is 1. The van der Waals surface area contributed by atoms with Crippen LogP contribution >= 0.6 is 0 Å². The van der Waals surface area contributed by atoms with Crippen LogP contribution in [0, 0.1) is 5.82 Å². The Morgan fingerprint density at radius 1 is 0.862 bits per heavy atom. The third-order valence-electron chi connectivity index (χ3n) is 5.14. The smallest absolute Gasteiger partial charge is 0.325 e. The van der Waals surface area contributed by atoms with Crippen LogP contribution in [0.15, 0.2) is 84.9 Å². The van der Waals surface area contributed by atoms with Crippen molar-refractivity contribution in [3.05, 3.63) is 107 Å². The highest BCUT2D eigenvalue weighted by Gasteiger charge is 2.53. The van der Waals surface area contributed by atoms with Crippen molar-refractivity contribution in [3.63, 3.8) is 0 Å². The van der Waals surface area contributed by atoms with Crippen molar-refractivity contribution < 1.29 is 19.1 Å². The molecular weight excluding hydrogens is 371 g/mol. The maximum Gasteiger partial charge on any atom is 0.325 e. The van der Waals surface area contributed by atoms with Crippen molar-refractivity contribution in [2.24, 2.45) is 0 Å². The molecule has 0 unspecified atom stereocenters. The largest absolute Gasteiger partial charge is 0.386 e. The molecule has 3 amide bonds. The van der Waals surface area contributed by atoms with E-state index in [1.165, 1.54) is 18.2 Å². The highest BCUT2D eigenvalue weighted by atomic mass is 19.1. The molecule has 6 heteroatoms. The van der Waals surface area contributed by atoms with Crippen molar-refractivity contribution in [3.8, 4) is 0 Å². The Labute approximate surface area is 167 Å². The summed E-state index contributed by atoms with van der Waals surface area (Å²) in [6.07, 6.45) is -1.34. The molecule has 0 radical (unpaired) electrons. The number of benzene rings is 3. The maximum absolute atomic E-state index is 14.0. The number of aliphatic hydroxyl groups excluding tert-OH is 1. The first kappa shape index (κ1) is 18.8. The van der Waals surface area contributed by atoms with Crippen molar-refractivity contribution >= 4 is 11.9 Å². The van der Waals surface area contributed by atoms with Crippen LogP contribution in [-0.4, -0.2) is 28.5 Å². The molecule has 146 valence electrons. The SMILES string of the molecule is O=C1NC(c2ccccc2)(c2ccccc2)C(=O)N1C[C@H](O)c1ccccc1F. The van der Waals surface area contributed by atoms with Gasteiger partial charge in [0.25, 0.3) is 5.91 Å². The summed E-state index contributed by atoms with van der Waals surface area (Å²) in [7, 11) is 0. The van der Waals surface area contributed by atoms with Gasteiger partial charge >= 0.3 is 6.03 Å². The van der Waals surface area contributed by atoms with E-state index < -0.39 is 29.4 Å². The summed E-state index contributed by atoms with van der Waals surface area (Å²) in [4.78, 5) is 27.3. The molecule has 1 aliphatic rings. The second kappa shape index (κ2) is 7.48. The zero-order chi connectivity index (χ0) is 20.4. The number of β-amino-alcohol motifs (C(OH)–C–C–N with tert-alkyl or cyclic N) is 1. The molecule has 1 atom stereocenters. The fourth-order valence-corrected chi connectivity index (χ4v) is 3.69. The number of carbonyl (C=O) groups is 2. The zero-order valence-electron chi connectivity index (χ0n) is 15.5. The van der Waals surface area contributed by atoms with Gasteiger partial charge in [-0.05, 0) is 17.2 Å². The Morgan fingerprint density at radius 3 is 1.93 bits per heavy atom. The van der Waals surface area contributed by atoms with Crippen LogP contribution in [0.3, 0.4) is 0 Å². The van der Waals surface area contributed by atoms with Gasteiger partial charge < -0.3 is 10.4 Å². The lowest BCUT2D eigenvalue weighted by Crippen LogP contribution is -2.45. The topological polar surface area (TPSA) is 69.6 Å². The molecule has 4 rings (SSSR count). The average Bonchev–Trinajstić information content (AvgIpc) is 3.01. The monoisotopic (exact) mass is 390 g/mol. The molecular formula is C23H19FN2O3. The maximum atomic E-state index is 14.0. The molecule has 0 bridgehead atoms. The summed E-state index contributed by atoms with van der Waals surface area (Å²) in [5.74, 6) is -1.11. The van der Waals surface area contributed by atoms with Crippen molar-refractivity contribution in [1.29, 1.82) is 0 Å². The van der Waals surface area contributed by atoms with Crippen LogP contribution < -0.4 is 5.32 Å². The summed E-state index contributed by atoms with van der Waals surface area (Å²) < 4.78 is 14.0. The Hall–Kier alpha value is -3.51. The third-order valence-corrected chi connectivity index (χ3v) is 5.14. The fraction of sp³-hybridized carbons (Fsp3) is 0.130. The van der Waals surface area contributed by atoms with Gasteiger partial charge in [0.1, 0.15) is 5.82 Å². The van der Waals surface area contributed by atoms with Crippen molar-refractivity contribution in [1.82, 2.24) is 10.2 Å². The number of carbonyl (C=O) groups excluding carboxylic acids is 2. The summed E-state index contributed by atoms with van der Waals surface area (Å²) in [5.41, 5.74) is -0.168. The van der Waals surface area contributed by atoms with Gasteiger partial charge in [-0.3, -0.25) is 9.69 Å². The van der Waals surface area contributed by atoms with E-state index in [4.69, 9.17) is 0 Å². The Morgan fingerprint density at radius 2 is 1.38 bits per heavy atom. The molecule has 3 aromatic rings. The van der Waals surface area contributed by atoms with E-state index >= 15 is 0 Å². The van der Waals surface area contributed by atoms with Gasteiger partial charge in [-0.1, -0.05) is 78.9 Å². The predicted octanol–water partition coefficient (Wildman–Crippen LogP) is 3.35. The number of aliphatic hydroxyl groups is 1. The van der Waals surface area contributed by atoms with E-state index in [1.54, 1.807) is 54.6 Å². The number of rotatable bonds is 5. The number of imide groups is 1. The minimum absolute atomic E-state index is 0.0324. The van der Waals surface area contributed by atoms with Gasteiger partial charge in [0.2, 0.25) is 0 Å². The Kier molecular flexibility index (Phi) is 4.86. The first-order valence-corrected chi connectivity index (χ1v) is 9.21. The minimum Gasteiger partial charge on any atom is -0.386 e. The van der Waals surface area contributed by atoms with Crippen molar-refractivity contribution in [2.75, 3.05) is 6.54 Å². The highest BCUT2D eigenvalue weighted by molar-refractivity contribution is 6.09. The van der Waals surface area contributed by atoms with E-state index in [0.717, 1.165) is 4.90 Å². The second-order valence-electron chi connectivity index (χ2n) is 6.87. The third kappa shape index (κ3) is 3.17. The zero-order valence-corrected chi connectivity index (χ0v) is 15.5. The van der Waals surface area contributed by atoms with E-state index in [2.05, 4.69) is 5.32 Å². The molecule has 1 heterocycles. The molecule has 0 aliphatic carbocycles. The molecule has 0 aromatic heterocycles. The number of nitrogens with one attached hydrogen (secondary N) is 1. The number of urea groups is 1. The summed E-state index contributed by atoms with van der Waals surface area (Å²) in [6, 6.07) is 23.0. The average molecular weight is 390 g/mol. The van der Waals surface area contributed by atoms with Gasteiger partial charge in [0.05, 0.1) is 12.6 Å². The lowest BCUT2D eigenvalue weighted by molar-refractivity contribution is -0.131. The van der Waals surface area contributed by atoms with Crippen LogP contribution in [-0.2, 0) is 10.3 Å². The molecule has 5 nitrogen and oxygen atoms in total. The first-order chi connectivity index (χ1) is 14.0. The number of hydrogen-bond acceptors (Lipinski definition) is 3.